The monoisotopic (exact) mass is 288 g/mol. The summed E-state index contributed by atoms with van der Waals surface area (Å²) in [6.45, 7) is 4.07. The fraction of sp³-hybridized carbons (Fsp3) is 0.154. The van der Waals surface area contributed by atoms with Crippen LogP contribution in [0.2, 0.25) is 0 Å². The van der Waals surface area contributed by atoms with E-state index in [0.717, 1.165) is 26.1 Å². The molecule has 4 nitrogen and oxygen atoms in total. The molecule has 1 aromatic carbocycles. The van der Waals surface area contributed by atoms with Crippen molar-refractivity contribution >= 4 is 27.8 Å². The lowest BCUT2D eigenvalue weighted by Gasteiger charge is -1.96. The number of anilines is 1. The lowest BCUT2D eigenvalue weighted by Crippen LogP contribution is -1.80. The molecule has 0 amide bonds. The van der Waals surface area contributed by atoms with Crippen molar-refractivity contribution in [2.75, 3.05) is 5.73 Å². The normalized spacial score (nSPS) is 10.8. The Bertz CT molecular complexity index is 730. The number of nitrogens with two attached hydrogens (primary N) is 1. The minimum atomic E-state index is 0.486. The summed E-state index contributed by atoms with van der Waals surface area (Å²) in [5.74, 6) is 0. The first-order valence-corrected chi connectivity index (χ1v) is 7.40. The molecule has 6 heteroatoms. The van der Waals surface area contributed by atoms with Crippen molar-refractivity contribution in [3.63, 3.8) is 0 Å². The SMILES string of the molecule is Cc1cccc(-c2nc(C)c(-c3nnc(N)s3)s2)c1. The van der Waals surface area contributed by atoms with Gasteiger partial charge in [0, 0.05) is 5.56 Å². The predicted octanol–water partition coefficient (Wildman–Crippen LogP) is 3.53. The summed E-state index contributed by atoms with van der Waals surface area (Å²) in [7, 11) is 0. The summed E-state index contributed by atoms with van der Waals surface area (Å²) < 4.78 is 0. The molecule has 0 radical (unpaired) electrons. The molecule has 2 N–H and O–H groups in total. The van der Waals surface area contributed by atoms with Crippen molar-refractivity contribution in [2.24, 2.45) is 0 Å². The third-order valence-corrected chi connectivity index (χ3v) is 4.81. The van der Waals surface area contributed by atoms with Gasteiger partial charge in [-0.1, -0.05) is 35.1 Å². The smallest absolute Gasteiger partial charge is 0.203 e. The Kier molecular flexibility index (Phi) is 3.04. The summed E-state index contributed by atoms with van der Waals surface area (Å²) in [5.41, 5.74) is 8.97. The van der Waals surface area contributed by atoms with E-state index in [1.54, 1.807) is 11.3 Å². The molecular weight excluding hydrogens is 276 g/mol. The van der Waals surface area contributed by atoms with Gasteiger partial charge in [0.2, 0.25) is 5.13 Å². The van der Waals surface area contributed by atoms with Gasteiger partial charge in [-0.15, -0.1) is 21.5 Å². The molecule has 0 aliphatic rings. The fourth-order valence-electron chi connectivity index (χ4n) is 1.82. The Balaban J connectivity index is 2.06. The number of nitrogens with zero attached hydrogens (tertiary/aromatic N) is 3. The lowest BCUT2D eigenvalue weighted by molar-refractivity contribution is 1.10. The van der Waals surface area contributed by atoms with Gasteiger partial charge in [-0.25, -0.2) is 4.98 Å². The highest BCUT2D eigenvalue weighted by Crippen LogP contribution is 2.36. The number of nitrogen functional groups attached to an aromatic ring is 1. The number of aryl methyl sites for hydroxylation is 2. The van der Waals surface area contributed by atoms with Crippen LogP contribution in [0.3, 0.4) is 0 Å². The van der Waals surface area contributed by atoms with E-state index in [2.05, 4.69) is 40.3 Å². The van der Waals surface area contributed by atoms with E-state index in [9.17, 15) is 0 Å². The number of benzene rings is 1. The van der Waals surface area contributed by atoms with Crippen LogP contribution in [0.1, 0.15) is 11.3 Å². The highest BCUT2D eigenvalue weighted by atomic mass is 32.1. The van der Waals surface area contributed by atoms with Crippen LogP contribution < -0.4 is 5.73 Å². The molecule has 0 fully saturated rings. The van der Waals surface area contributed by atoms with Gasteiger partial charge in [0.15, 0.2) is 5.01 Å². The van der Waals surface area contributed by atoms with Crippen LogP contribution in [0.5, 0.6) is 0 Å². The Morgan fingerprint density at radius 3 is 2.58 bits per heavy atom. The molecule has 0 saturated heterocycles. The standard InChI is InChI=1S/C13H12N4S2/c1-7-4-3-5-9(6-7)11-15-8(2)10(18-11)12-16-17-13(14)19-12/h3-6H,1-2H3,(H2,14,17). The molecule has 2 heterocycles. The van der Waals surface area contributed by atoms with Crippen LogP contribution >= 0.6 is 22.7 Å². The zero-order chi connectivity index (χ0) is 13.4. The maximum Gasteiger partial charge on any atom is 0.203 e. The van der Waals surface area contributed by atoms with E-state index in [1.807, 2.05) is 13.0 Å². The maximum atomic E-state index is 5.63. The van der Waals surface area contributed by atoms with Gasteiger partial charge in [0.1, 0.15) is 5.01 Å². The van der Waals surface area contributed by atoms with Gasteiger partial charge < -0.3 is 5.73 Å². The molecule has 0 spiro atoms. The van der Waals surface area contributed by atoms with Gasteiger partial charge >= 0.3 is 0 Å². The zero-order valence-corrected chi connectivity index (χ0v) is 12.2. The Morgan fingerprint density at radius 1 is 1.05 bits per heavy atom. The number of hydrogen-bond acceptors (Lipinski definition) is 6. The van der Waals surface area contributed by atoms with Gasteiger partial charge in [0.05, 0.1) is 10.6 Å². The van der Waals surface area contributed by atoms with Crippen LogP contribution in [0.25, 0.3) is 20.5 Å². The number of thiazole rings is 1. The van der Waals surface area contributed by atoms with E-state index in [0.29, 0.717) is 5.13 Å². The van der Waals surface area contributed by atoms with Crippen molar-refractivity contribution < 1.29 is 0 Å². The molecule has 0 unspecified atom stereocenters. The quantitative estimate of drug-likeness (QED) is 0.783. The number of rotatable bonds is 2. The molecule has 2 aromatic heterocycles. The van der Waals surface area contributed by atoms with E-state index in [1.165, 1.54) is 16.9 Å². The van der Waals surface area contributed by atoms with Crippen LogP contribution in [0, 0.1) is 13.8 Å². The molecule has 3 aromatic rings. The molecule has 0 aliphatic carbocycles. The van der Waals surface area contributed by atoms with Crippen molar-refractivity contribution in [1.82, 2.24) is 15.2 Å². The minimum Gasteiger partial charge on any atom is -0.374 e. The molecule has 96 valence electrons. The first kappa shape index (κ1) is 12.3. The fourth-order valence-corrected chi connectivity index (χ4v) is 3.62. The van der Waals surface area contributed by atoms with Gasteiger partial charge in [-0.3, -0.25) is 0 Å². The summed E-state index contributed by atoms with van der Waals surface area (Å²) in [6, 6.07) is 8.33. The van der Waals surface area contributed by atoms with E-state index in [-0.39, 0.29) is 0 Å². The van der Waals surface area contributed by atoms with Crippen molar-refractivity contribution in [3.05, 3.63) is 35.5 Å². The summed E-state index contributed by atoms with van der Waals surface area (Å²) in [4.78, 5) is 5.67. The molecule has 0 saturated carbocycles. The third kappa shape index (κ3) is 2.36. The summed E-state index contributed by atoms with van der Waals surface area (Å²) >= 11 is 3.02. The second-order valence-electron chi connectivity index (χ2n) is 4.25. The van der Waals surface area contributed by atoms with Gasteiger partial charge in [-0.2, -0.15) is 0 Å². The molecule has 0 aliphatic heterocycles. The van der Waals surface area contributed by atoms with Gasteiger partial charge in [-0.05, 0) is 19.9 Å². The van der Waals surface area contributed by atoms with E-state index >= 15 is 0 Å². The summed E-state index contributed by atoms with van der Waals surface area (Å²) in [5, 5.41) is 10.3. The Labute approximate surface area is 119 Å². The van der Waals surface area contributed by atoms with Crippen LogP contribution in [0.4, 0.5) is 5.13 Å². The Morgan fingerprint density at radius 2 is 1.89 bits per heavy atom. The van der Waals surface area contributed by atoms with Gasteiger partial charge in [0.25, 0.3) is 0 Å². The first-order valence-electron chi connectivity index (χ1n) is 5.77. The Hall–Kier alpha value is -1.79. The maximum absolute atomic E-state index is 5.63. The van der Waals surface area contributed by atoms with E-state index < -0.39 is 0 Å². The van der Waals surface area contributed by atoms with Crippen molar-refractivity contribution in [1.29, 1.82) is 0 Å². The molecular formula is C13H12N4S2. The highest BCUT2D eigenvalue weighted by Gasteiger charge is 2.14. The van der Waals surface area contributed by atoms with Crippen molar-refractivity contribution in [3.8, 4) is 20.5 Å². The van der Waals surface area contributed by atoms with Crippen LogP contribution in [-0.2, 0) is 0 Å². The number of aromatic nitrogens is 3. The molecule has 0 atom stereocenters. The second-order valence-corrected chi connectivity index (χ2v) is 6.26. The van der Waals surface area contributed by atoms with E-state index in [4.69, 9.17) is 5.73 Å². The van der Waals surface area contributed by atoms with Crippen LogP contribution in [-0.4, -0.2) is 15.2 Å². The number of hydrogen-bond donors (Lipinski definition) is 1. The average molecular weight is 288 g/mol. The highest BCUT2D eigenvalue weighted by molar-refractivity contribution is 7.24. The zero-order valence-electron chi connectivity index (χ0n) is 10.5. The minimum absolute atomic E-state index is 0.486. The summed E-state index contributed by atoms with van der Waals surface area (Å²) in [6.07, 6.45) is 0. The van der Waals surface area contributed by atoms with Crippen LogP contribution in [0.15, 0.2) is 24.3 Å². The molecule has 0 bridgehead atoms. The lowest BCUT2D eigenvalue weighted by atomic mass is 10.1. The van der Waals surface area contributed by atoms with Crippen molar-refractivity contribution in [2.45, 2.75) is 13.8 Å². The average Bonchev–Trinajstić information content (AvgIpc) is 2.95. The largest absolute Gasteiger partial charge is 0.374 e. The molecule has 19 heavy (non-hydrogen) atoms. The first-order chi connectivity index (χ1) is 9.13. The topological polar surface area (TPSA) is 64.7 Å². The molecule has 3 rings (SSSR count). The third-order valence-electron chi connectivity index (χ3n) is 2.70. The second kappa shape index (κ2) is 4.71. The predicted molar refractivity (Wildman–Crippen MR) is 80.3 cm³/mol.